The van der Waals surface area contributed by atoms with Crippen molar-refractivity contribution >= 4 is 23.4 Å². The fourth-order valence-electron chi connectivity index (χ4n) is 4.25. The molecule has 1 N–H and O–H groups in total. The highest BCUT2D eigenvalue weighted by atomic mass is 32.2. The summed E-state index contributed by atoms with van der Waals surface area (Å²) in [5.41, 5.74) is 3.21. The van der Waals surface area contributed by atoms with Crippen LogP contribution >= 0.6 is 11.8 Å². The van der Waals surface area contributed by atoms with Crippen molar-refractivity contribution in [3.63, 3.8) is 0 Å². The van der Waals surface area contributed by atoms with Crippen LogP contribution in [0.25, 0.3) is 11.3 Å². The predicted octanol–water partition coefficient (Wildman–Crippen LogP) is 3.94. The fraction of sp³-hybridized carbons (Fsp3) is 0.154. The number of para-hydroxylation sites is 2. The number of hydrogen-bond donors (Lipinski definition) is 1. The molecule has 1 atom stereocenters. The second kappa shape index (κ2) is 9.15. The van der Waals surface area contributed by atoms with Gasteiger partial charge in [-0.05, 0) is 40.8 Å². The first-order valence-electron chi connectivity index (χ1n) is 10.8. The number of nitrogens with one attached hydrogen (secondary N) is 1. The number of hydrogen-bond acceptors (Lipinski definition) is 5. The maximum atomic E-state index is 13.2. The molecular weight excluding hydrogens is 448 g/mol. The number of ether oxygens (including phenoxy) is 1. The van der Waals surface area contributed by atoms with E-state index < -0.39 is 6.17 Å². The summed E-state index contributed by atoms with van der Waals surface area (Å²) in [7, 11) is 0. The van der Waals surface area contributed by atoms with Gasteiger partial charge >= 0.3 is 11.3 Å². The molecule has 0 spiro atoms. The molecule has 8 heteroatoms. The van der Waals surface area contributed by atoms with Crippen molar-refractivity contribution in [2.45, 2.75) is 24.9 Å². The van der Waals surface area contributed by atoms with E-state index in [1.807, 2.05) is 85.1 Å². The molecule has 7 nitrogen and oxygen atoms in total. The van der Waals surface area contributed by atoms with E-state index >= 15 is 0 Å². The predicted molar refractivity (Wildman–Crippen MR) is 131 cm³/mol. The van der Waals surface area contributed by atoms with Crippen LogP contribution < -0.4 is 19.9 Å². The maximum absolute atomic E-state index is 13.2. The number of anilines is 1. The third kappa shape index (κ3) is 3.86. The Hall–Kier alpha value is -3.91. The molecule has 5 rings (SSSR count). The quantitative estimate of drug-likeness (QED) is 0.352. The molecule has 4 aromatic rings. The topological polar surface area (TPSA) is 79.2 Å². The molecule has 0 saturated carbocycles. The van der Waals surface area contributed by atoms with Crippen molar-refractivity contribution in [2.24, 2.45) is 0 Å². The van der Waals surface area contributed by atoms with E-state index in [2.05, 4.69) is 4.98 Å². The van der Waals surface area contributed by atoms with Crippen molar-refractivity contribution in [2.75, 3.05) is 11.2 Å². The van der Waals surface area contributed by atoms with Gasteiger partial charge in [-0.3, -0.25) is 14.6 Å². The van der Waals surface area contributed by atoms with Gasteiger partial charge in [-0.25, -0.2) is 4.90 Å². The summed E-state index contributed by atoms with van der Waals surface area (Å²) in [6.45, 7) is 1.89. The first-order chi connectivity index (χ1) is 16.6. The van der Waals surface area contributed by atoms with E-state index in [0.29, 0.717) is 34.5 Å². The summed E-state index contributed by atoms with van der Waals surface area (Å²) in [5, 5.41) is 5.18. The number of rotatable bonds is 5. The Bertz CT molecular complexity index is 1420. The molecule has 1 unspecified atom stereocenters. The highest BCUT2D eigenvalue weighted by Gasteiger charge is 2.46. The Labute approximate surface area is 201 Å². The van der Waals surface area contributed by atoms with E-state index in [-0.39, 0.29) is 11.5 Å². The van der Waals surface area contributed by atoms with Crippen LogP contribution in [-0.4, -0.2) is 22.2 Å². The van der Waals surface area contributed by atoms with Gasteiger partial charge in [-0.15, -0.1) is 0 Å². The summed E-state index contributed by atoms with van der Waals surface area (Å²) in [4.78, 5) is 30.7. The van der Waals surface area contributed by atoms with Crippen LogP contribution in [0.1, 0.15) is 24.2 Å². The van der Waals surface area contributed by atoms with Crippen LogP contribution in [0.5, 0.6) is 5.75 Å². The second-order valence-corrected chi connectivity index (χ2v) is 8.64. The molecule has 1 amide bonds. The molecule has 1 aliphatic rings. The van der Waals surface area contributed by atoms with Gasteiger partial charge in [-0.1, -0.05) is 66.4 Å². The molecule has 3 aromatic carbocycles. The lowest BCUT2D eigenvalue weighted by Crippen LogP contribution is -2.60. The van der Waals surface area contributed by atoms with Crippen molar-refractivity contribution < 1.29 is 14.2 Å². The number of fused-ring (bicyclic) bond motifs is 3. The zero-order valence-corrected chi connectivity index (χ0v) is 19.6. The lowest BCUT2D eigenvalue weighted by molar-refractivity contribution is -0.763. The Morgan fingerprint density at radius 2 is 1.76 bits per heavy atom. The molecule has 0 fully saturated rings. The lowest BCUT2D eigenvalue weighted by Gasteiger charge is -2.32. The van der Waals surface area contributed by atoms with Gasteiger partial charge in [0, 0.05) is 12.0 Å². The molecule has 1 aliphatic heterocycles. The molecule has 1 aromatic heterocycles. The fourth-order valence-corrected chi connectivity index (χ4v) is 4.61. The number of aromatic amines is 1. The Morgan fingerprint density at radius 1 is 1.06 bits per heavy atom. The van der Waals surface area contributed by atoms with Crippen molar-refractivity contribution in [3.05, 3.63) is 100 Å². The second-order valence-electron chi connectivity index (χ2n) is 7.85. The summed E-state index contributed by atoms with van der Waals surface area (Å²) >= 11 is 1.33. The largest absolute Gasteiger partial charge is 0.488 e. The van der Waals surface area contributed by atoms with Crippen LogP contribution in [0.2, 0.25) is 0 Å². The third-order valence-corrected chi connectivity index (χ3v) is 6.30. The highest BCUT2D eigenvalue weighted by Crippen LogP contribution is 2.39. The molecule has 0 radical (unpaired) electrons. The lowest BCUT2D eigenvalue weighted by atomic mass is 10.0. The van der Waals surface area contributed by atoms with E-state index in [0.717, 1.165) is 11.1 Å². The minimum atomic E-state index is -0.692. The number of H-pyrrole nitrogens is 1. The number of amides is 1. The van der Waals surface area contributed by atoms with E-state index in [9.17, 15) is 9.59 Å². The highest BCUT2D eigenvalue weighted by molar-refractivity contribution is 7.98. The Kier molecular flexibility index (Phi) is 5.90. The number of benzene rings is 3. The van der Waals surface area contributed by atoms with Gasteiger partial charge in [0.25, 0.3) is 6.17 Å². The van der Waals surface area contributed by atoms with Crippen LogP contribution in [0, 0.1) is 0 Å². The summed E-state index contributed by atoms with van der Waals surface area (Å²) in [6.07, 6.45) is 1.15. The van der Waals surface area contributed by atoms with Crippen LogP contribution in [0.15, 0.2) is 88.8 Å². The van der Waals surface area contributed by atoms with E-state index in [1.165, 1.54) is 18.7 Å². The third-order valence-electron chi connectivity index (χ3n) is 5.73. The van der Waals surface area contributed by atoms with E-state index in [4.69, 9.17) is 9.84 Å². The zero-order chi connectivity index (χ0) is 23.7. The van der Waals surface area contributed by atoms with Crippen molar-refractivity contribution in [3.8, 4) is 17.0 Å². The number of thioether (sulfide) groups is 1. The molecule has 0 saturated heterocycles. The number of carbonyl (C=O) groups excluding carboxylic acids is 1. The monoisotopic (exact) mass is 471 g/mol. The summed E-state index contributed by atoms with van der Waals surface area (Å²) < 4.78 is 7.86. The van der Waals surface area contributed by atoms with Crippen LogP contribution in [-0.2, 0) is 11.4 Å². The Morgan fingerprint density at radius 3 is 2.53 bits per heavy atom. The average molecular weight is 472 g/mol. The molecule has 170 valence electrons. The van der Waals surface area contributed by atoms with E-state index in [1.54, 1.807) is 9.58 Å². The number of carbonyl (C=O) groups is 1. The first kappa shape index (κ1) is 21.9. The SMILES string of the molecule is CSc1n[n+]2c(c(=O)[nH]1)-c1ccccc1N(C(C)=O)C2c1ccccc1OCc1ccccc1. The van der Waals surface area contributed by atoms with Crippen LogP contribution in [0.4, 0.5) is 5.69 Å². The van der Waals surface area contributed by atoms with Gasteiger partial charge in [-0.2, -0.15) is 0 Å². The first-order valence-corrected chi connectivity index (χ1v) is 12.1. The van der Waals surface area contributed by atoms with Gasteiger partial charge in [0.2, 0.25) is 11.1 Å². The van der Waals surface area contributed by atoms with Gasteiger partial charge in [0.1, 0.15) is 12.4 Å². The minimum absolute atomic E-state index is 0.166. The van der Waals surface area contributed by atoms with Crippen LogP contribution in [0.3, 0.4) is 0 Å². The number of aromatic nitrogens is 3. The van der Waals surface area contributed by atoms with Gasteiger partial charge < -0.3 is 4.74 Å². The molecule has 34 heavy (non-hydrogen) atoms. The molecular formula is C26H23N4O3S+. The maximum Gasteiger partial charge on any atom is 0.325 e. The van der Waals surface area contributed by atoms with Gasteiger partial charge in [0.15, 0.2) is 0 Å². The molecule has 0 aliphatic carbocycles. The molecule has 0 bridgehead atoms. The Balaban J connectivity index is 1.71. The smallest absolute Gasteiger partial charge is 0.325 e. The number of nitrogens with zero attached hydrogens (tertiary/aromatic N) is 3. The standard InChI is InChI=1S/C26H22N4O3S/c1-17(31)29-21-14-8-6-12-19(21)23-24(32)27-26(34-2)28-30(23)25(29)20-13-7-9-15-22(20)33-16-18-10-4-3-5-11-18/h3-15,25H,16H2,1-2H3/p+1. The van der Waals surface area contributed by atoms with Crippen molar-refractivity contribution in [1.29, 1.82) is 0 Å². The van der Waals surface area contributed by atoms with Gasteiger partial charge in [0.05, 0.1) is 16.8 Å². The molecule has 2 heterocycles. The zero-order valence-electron chi connectivity index (χ0n) is 18.8. The normalized spacial score (nSPS) is 14.3. The average Bonchev–Trinajstić information content (AvgIpc) is 2.87. The van der Waals surface area contributed by atoms with Crippen molar-refractivity contribution in [1.82, 2.24) is 10.1 Å². The minimum Gasteiger partial charge on any atom is -0.488 e. The summed E-state index contributed by atoms with van der Waals surface area (Å²) in [5.74, 6) is 0.453. The summed E-state index contributed by atoms with van der Waals surface area (Å²) in [6, 6.07) is 24.8.